The maximum Gasteiger partial charge on any atom is 0.236 e. The summed E-state index contributed by atoms with van der Waals surface area (Å²) in [7, 11) is 0. The van der Waals surface area contributed by atoms with Crippen LogP contribution in [0.1, 0.15) is 5.56 Å². The van der Waals surface area contributed by atoms with Gasteiger partial charge in [-0.2, -0.15) is 0 Å². The Bertz CT molecular complexity index is 733. The first-order chi connectivity index (χ1) is 8.79. The van der Waals surface area contributed by atoms with Crippen molar-refractivity contribution in [1.82, 2.24) is 14.4 Å². The van der Waals surface area contributed by atoms with Crippen LogP contribution in [-0.4, -0.2) is 14.4 Å². The Hall–Kier alpha value is -2.56. The van der Waals surface area contributed by atoms with Gasteiger partial charge in [-0.25, -0.2) is 9.97 Å². The second kappa shape index (κ2) is 4.03. The molecule has 0 saturated heterocycles. The van der Waals surface area contributed by atoms with Crippen LogP contribution in [0.15, 0.2) is 47.9 Å². The van der Waals surface area contributed by atoms with Crippen molar-refractivity contribution in [3.8, 4) is 11.3 Å². The summed E-state index contributed by atoms with van der Waals surface area (Å²) in [5, 5.41) is 3.08. The van der Waals surface area contributed by atoms with Crippen LogP contribution in [0.5, 0.6) is 0 Å². The van der Waals surface area contributed by atoms with Gasteiger partial charge in [-0.1, -0.05) is 23.8 Å². The van der Waals surface area contributed by atoms with Crippen LogP contribution in [0.4, 0.5) is 5.82 Å². The van der Waals surface area contributed by atoms with E-state index < -0.39 is 0 Å². The number of fused-ring (bicyclic) bond motifs is 1. The number of rotatable bonds is 2. The summed E-state index contributed by atoms with van der Waals surface area (Å²) in [6.45, 7) is 1.99. The Labute approximate surface area is 103 Å². The minimum absolute atomic E-state index is 0.281. The molecule has 3 rings (SSSR count). The molecule has 0 amide bonds. The molecule has 0 N–H and O–H groups in total. The maximum absolute atomic E-state index is 11.0. The standard InChI is InChI=1S/C13H10N4O/c1-9-4-2-5-10(8-9)11-12(16-18)17-7-3-6-14-13(17)15-11/h2-8H,1H3. The number of nitroso groups, excluding NO2 is 1. The number of imidazole rings is 1. The lowest BCUT2D eigenvalue weighted by molar-refractivity contribution is 1.10. The third-order valence-corrected chi connectivity index (χ3v) is 2.76. The molecular weight excluding hydrogens is 228 g/mol. The number of benzene rings is 1. The van der Waals surface area contributed by atoms with E-state index in [9.17, 15) is 4.91 Å². The maximum atomic E-state index is 11.0. The minimum Gasteiger partial charge on any atom is -0.265 e. The molecular formula is C13H10N4O. The van der Waals surface area contributed by atoms with Crippen LogP contribution in [0.3, 0.4) is 0 Å². The average molecular weight is 238 g/mol. The van der Waals surface area contributed by atoms with Gasteiger partial charge in [-0.15, -0.1) is 4.91 Å². The van der Waals surface area contributed by atoms with Crippen molar-refractivity contribution in [1.29, 1.82) is 0 Å². The normalized spacial score (nSPS) is 10.7. The van der Waals surface area contributed by atoms with E-state index in [1.165, 1.54) is 0 Å². The molecule has 0 spiro atoms. The molecule has 0 radical (unpaired) electrons. The summed E-state index contributed by atoms with van der Waals surface area (Å²) >= 11 is 0. The van der Waals surface area contributed by atoms with Crippen LogP contribution in [0.2, 0.25) is 0 Å². The Kier molecular flexibility index (Phi) is 2.37. The Morgan fingerprint density at radius 2 is 2.17 bits per heavy atom. The summed E-state index contributed by atoms with van der Waals surface area (Å²) in [6, 6.07) is 9.53. The van der Waals surface area contributed by atoms with Crippen molar-refractivity contribution < 1.29 is 0 Å². The number of aromatic nitrogens is 3. The van der Waals surface area contributed by atoms with E-state index in [1.54, 1.807) is 22.9 Å². The highest BCUT2D eigenvalue weighted by Gasteiger charge is 2.14. The van der Waals surface area contributed by atoms with Crippen LogP contribution in [0, 0.1) is 11.8 Å². The highest BCUT2D eigenvalue weighted by molar-refractivity contribution is 5.73. The fourth-order valence-corrected chi connectivity index (χ4v) is 1.95. The fraction of sp³-hybridized carbons (Fsp3) is 0.0769. The number of hydrogen-bond donors (Lipinski definition) is 0. The zero-order chi connectivity index (χ0) is 12.5. The lowest BCUT2D eigenvalue weighted by atomic mass is 10.1. The third kappa shape index (κ3) is 1.57. The summed E-state index contributed by atoms with van der Waals surface area (Å²) in [6.07, 6.45) is 3.36. The Morgan fingerprint density at radius 1 is 1.28 bits per heavy atom. The number of hydrogen-bond acceptors (Lipinski definition) is 4. The van der Waals surface area contributed by atoms with E-state index in [1.807, 2.05) is 31.2 Å². The molecule has 0 bridgehead atoms. The number of aryl methyl sites for hydroxylation is 1. The predicted molar refractivity (Wildman–Crippen MR) is 68.6 cm³/mol. The summed E-state index contributed by atoms with van der Waals surface area (Å²) < 4.78 is 1.59. The molecule has 0 fully saturated rings. The zero-order valence-corrected chi connectivity index (χ0v) is 9.74. The summed E-state index contributed by atoms with van der Waals surface area (Å²) in [4.78, 5) is 19.5. The molecule has 5 heteroatoms. The summed E-state index contributed by atoms with van der Waals surface area (Å²) in [5.41, 5.74) is 2.54. The predicted octanol–water partition coefficient (Wildman–Crippen LogP) is 3.10. The molecule has 0 aliphatic rings. The highest BCUT2D eigenvalue weighted by atomic mass is 16.3. The van der Waals surface area contributed by atoms with Gasteiger partial charge in [0.05, 0.1) is 0 Å². The smallest absolute Gasteiger partial charge is 0.236 e. The van der Waals surface area contributed by atoms with E-state index in [-0.39, 0.29) is 5.82 Å². The molecule has 0 aliphatic carbocycles. The lowest BCUT2D eigenvalue weighted by Crippen LogP contribution is -1.84. The van der Waals surface area contributed by atoms with Gasteiger partial charge in [0.15, 0.2) is 0 Å². The molecule has 0 aliphatic heterocycles. The molecule has 3 aromatic rings. The second-order valence-electron chi connectivity index (χ2n) is 4.03. The van der Waals surface area contributed by atoms with Gasteiger partial charge < -0.3 is 0 Å². The van der Waals surface area contributed by atoms with Crippen molar-refractivity contribution in [2.45, 2.75) is 6.92 Å². The van der Waals surface area contributed by atoms with Gasteiger partial charge in [0.2, 0.25) is 11.6 Å². The molecule has 88 valence electrons. The van der Waals surface area contributed by atoms with E-state index >= 15 is 0 Å². The first-order valence-electron chi connectivity index (χ1n) is 5.53. The molecule has 2 aromatic heterocycles. The molecule has 0 saturated carbocycles. The van der Waals surface area contributed by atoms with Gasteiger partial charge in [-0.3, -0.25) is 4.40 Å². The first kappa shape index (κ1) is 10.6. The number of nitrogens with zero attached hydrogens (tertiary/aromatic N) is 4. The van der Waals surface area contributed by atoms with Crippen molar-refractivity contribution in [2.75, 3.05) is 0 Å². The van der Waals surface area contributed by atoms with Gasteiger partial charge in [0, 0.05) is 18.0 Å². The average Bonchev–Trinajstić information content (AvgIpc) is 2.77. The van der Waals surface area contributed by atoms with Crippen molar-refractivity contribution in [2.24, 2.45) is 5.18 Å². The van der Waals surface area contributed by atoms with Crippen LogP contribution >= 0.6 is 0 Å². The van der Waals surface area contributed by atoms with Crippen LogP contribution < -0.4 is 0 Å². The highest BCUT2D eigenvalue weighted by Crippen LogP contribution is 2.30. The van der Waals surface area contributed by atoms with Crippen molar-refractivity contribution in [3.63, 3.8) is 0 Å². The van der Waals surface area contributed by atoms with Crippen LogP contribution in [0.25, 0.3) is 17.0 Å². The third-order valence-electron chi connectivity index (χ3n) is 2.76. The van der Waals surface area contributed by atoms with Gasteiger partial charge >= 0.3 is 0 Å². The minimum atomic E-state index is 0.281. The monoisotopic (exact) mass is 238 g/mol. The zero-order valence-electron chi connectivity index (χ0n) is 9.74. The van der Waals surface area contributed by atoms with Gasteiger partial charge in [-0.05, 0) is 24.2 Å². The lowest BCUT2D eigenvalue weighted by Gasteiger charge is -1.98. The Balaban J connectivity index is 2.32. The molecule has 0 unspecified atom stereocenters. The largest absolute Gasteiger partial charge is 0.265 e. The first-order valence-corrected chi connectivity index (χ1v) is 5.53. The van der Waals surface area contributed by atoms with Gasteiger partial charge in [0.1, 0.15) is 5.69 Å². The molecule has 18 heavy (non-hydrogen) atoms. The fourth-order valence-electron chi connectivity index (χ4n) is 1.95. The molecule has 1 aromatic carbocycles. The van der Waals surface area contributed by atoms with E-state index in [4.69, 9.17) is 0 Å². The molecule has 5 nitrogen and oxygen atoms in total. The quantitative estimate of drug-likeness (QED) is 0.644. The second-order valence-corrected chi connectivity index (χ2v) is 4.03. The Morgan fingerprint density at radius 3 is 2.94 bits per heavy atom. The van der Waals surface area contributed by atoms with E-state index in [0.29, 0.717) is 11.5 Å². The SMILES string of the molecule is Cc1cccc(-c2nc3ncccn3c2N=O)c1. The van der Waals surface area contributed by atoms with Crippen molar-refractivity contribution >= 4 is 11.6 Å². The van der Waals surface area contributed by atoms with Crippen molar-refractivity contribution in [3.05, 3.63) is 53.2 Å². The summed E-state index contributed by atoms with van der Waals surface area (Å²) in [5.74, 6) is 0.757. The topological polar surface area (TPSA) is 59.6 Å². The van der Waals surface area contributed by atoms with E-state index in [0.717, 1.165) is 11.1 Å². The molecule has 0 atom stereocenters. The molecule has 2 heterocycles. The van der Waals surface area contributed by atoms with Gasteiger partial charge in [0.25, 0.3) is 0 Å². The van der Waals surface area contributed by atoms with E-state index in [2.05, 4.69) is 15.1 Å². The van der Waals surface area contributed by atoms with Crippen LogP contribution in [-0.2, 0) is 0 Å².